The minimum absolute atomic E-state index is 0.0332. The highest BCUT2D eigenvalue weighted by Crippen LogP contribution is 2.45. The second kappa shape index (κ2) is 11.1. The van der Waals surface area contributed by atoms with Crippen LogP contribution in [0.5, 0.6) is 11.5 Å². The van der Waals surface area contributed by atoms with Gasteiger partial charge in [-0.05, 0) is 60.3 Å². The zero-order chi connectivity index (χ0) is 26.6. The van der Waals surface area contributed by atoms with Gasteiger partial charge in [0.15, 0.2) is 0 Å². The number of benzene rings is 2. The van der Waals surface area contributed by atoms with E-state index in [1.165, 1.54) is 11.3 Å². The lowest BCUT2D eigenvalue weighted by Crippen LogP contribution is -2.47. The summed E-state index contributed by atoms with van der Waals surface area (Å²) in [5.41, 5.74) is 3.41. The maximum Gasteiger partial charge on any atom is 0.264 e. The highest BCUT2D eigenvalue weighted by molar-refractivity contribution is 7.12. The molecule has 0 saturated carbocycles. The van der Waals surface area contributed by atoms with Gasteiger partial charge in [0.2, 0.25) is 5.91 Å². The lowest BCUT2D eigenvalue weighted by atomic mass is 9.96. The molecule has 2 amide bonds. The number of rotatable bonds is 9. The number of methoxy groups -OCH3 is 2. The topological polar surface area (TPSA) is 64.0 Å². The van der Waals surface area contributed by atoms with Crippen LogP contribution in [-0.4, -0.2) is 48.6 Å². The molecule has 2 aromatic carbocycles. The minimum Gasteiger partial charge on any atom is -0.497 e. The molecule has 3 heterocycles. The Hall–Kier alpha value is -4.04. The zero-order valence-corrected chi connectivity index (χ0v) is 22.6. The summed E-state index contributed by atoms with van der Waals surface area (Å²) in [5, 5.41) is 1.88. The molecule has 0 radical (unpaired) electrons. The number of fused-ring (bicyclic) bond motifs is 3. The summed E-state index contributed by atoms with van der Waals surface area (Å²) in [6.07, 6.45) is 3.74. The molecular formula is C30H31N3O4S. The van der Waals surface area contributed by atoms with Crippen LogP contribution < -0.4 is 14.4 Å². The Morgan fingerprint density at radius 3 is 2.50 bits per heavy atom. The van der Waals surface area contributed by atoms with E-state index in [0.717, 1.165) is 35.5 Å². The van der Waals surface area contributed by atoms with Gasteiger partial charge in [-0.25, -0.2) is 0 Å². The molecule has 1 aliphatic rings. The highest BCUT2D eigenvalue weighted by atomic mass is 32.1. The SMILES string of the molecule is CCCCN(CC(=O)N1c2ccccc2-n2cccc2C1c1cc(OC)ccc1OC)C(=O)c1cccs1. The molecule has 4 aromatic rings. The molecule has 1 unspecified atom stereocenters. The van der Waals surface area contributed by atoms with Gasteiger partial charge < -0.3 is 18.9 Å². The third kappa shape index (κ3) is 4.67. The fourth-order valence-electron chi connectivity index (χ4n) is 5.01. The van der Waals surface area contributed by atoms with Gasteiger partial charge in [-0.2, -0.15) is 0 Å². The third-order valence-electron chi connectivity index (χ3n) is 6.85. The molecule has 0 aliphatic carbocycles. The summed E-state index contributed by atoms with van der Waals surface area (Å²) in [5.74, 6) is 1.03. The number of hydrogen-bond acceptors (Lipinski definition) is 5. The average Bonchev–Trinajstić information content (AvgIpc) is 3.67. The number of amides is 2. The van der Waals surface area contributed by atoms with Gasteiger partial charge in [-0.15, -0.1) is 11.3 Å². The van der Waals surface area contributed by atoms with E-state index >= 15 is 0 Å². The number of anilines is 1. The minimum atomic E-state index is -0.484. The smallest absolute Gasteiger partial charge is 0.264 e. The van der Waals surface area contributed by atoms with E-state index in [1.54, 1.807) is 19.1 Å². The fraction of sp³-hybridized carbons (Fsp3) is 0.267. The fourth-order valence-corrected chi connectivity index (χ4v) is 5.70. The Labute approximate surface area is 226 Å². The highest BCUT2D eigenvalue weighted by Gasteiger charge is 2.38. The Balaban J connectivity index is 1.62. The van der Waals surface area contributed by atoms with E-state index in [4.69, 9.17) is 9.47 Å². The molecule has 0 fully saturated rings. The van der Waals surface area contributed by atoms with Crippen LogP contribution in [0.2, 0.25) is 0 Å². The lowest BCUT2D eigenvalue weighted by Gasteiger charge is -2.40. The van der Waals surface area contributed by atoms with Gasteiger partial charge in [-0.1, -0.05) is 31.5 Å². The molecule has 0 N–H and O–H groups in total. The number of carbonyl (C=O) groups is 2. The van der Waals surface area contributed by atoms with Gasteiger partial charge in [0.05, 0.1) is 36.2 Å². The largest absolute Gasteiger partial charge is 0.497 e. The number of unbranched alkanes of at least 4 members (excludes halogenated alkanes) is 1. The summed E-state index contributed by atoms with van der Waals surface area (Å²) in [6, 6.07) is 20.7. The van der Waals surface area contributed by atoms with Crippen molar-refractivity contribution < 1.29 is 19.1 Å². The second-order valence-electron chi connectivity index (χ2n) is 9.12. The van der Waals surface area contributed by atoms with Crippen LogP contribution in [0.1, 0.15) is 46.7 Å². The average molecular weight is 530 g/mol. The molecule has 1 atom stereocenters. The standard InChI is InChI=1S/C30H31N3O4S/c1-4-5-16-31(30(35)27-13-9-18-38-27)20-28(34)33-24-11-7-6-10-23(24)32-17-8-12-25(32)29(33)22-19-21(36-2)14-15-26(22)37-3/h6-15,17-19,29H,4-5,16,20H2,1-3H3. The van der Waals surface area contributed by atoms with Crippen molar-refractivity contribution >= 4 is 28.8 Å². The predicted molar refractivity (Wildman–Crippen MR) is 150 cm³/mol. The monoisotopic (exact) mass is 529 g/mol. The van der Waals surface area contributed by atoms with Crippen LogP contribution >= 0.6 is 11.3 Å². The van der Waals surface area contributed by atoms with Gasteiger partial charge >= 0.3 is 0 Å². The first-order valence-electron chi connectivity index (χ1n) is 12.7. The number of carbonyl (C=O) groups excluding carboxylic acids is 2. The molecule has 0 bridgehead atoms. The molecule has 1 aliphatic heterocycles. The molecule has 5 rings (SSSR count). The molecule has 196 valence electrons. The maximum absolute atomic E-state index is 14.3. The van der Waals surface area contributed by atoms with E-state index in [2.05, 4.69) is 11.5 Å². The van der Waals surface area contributed by atoms with E-state index < -0.39 is 6.04 Å². The van der Waals surface area contributed by atoms with Crippen molar-refractivity contribution in [3.8, 4) is 17.2 Å². The summed E-state index contributed by atoms with van der Waals surface area (Å²) >= 11 is 1.39. The number of nitrogens with zero attached hydrogens (tertiary/aromatic N) is 3. The first-order chi connectivity index (χ1) is 18.6. The number of thiophene rings is 1. The molecule has 7 nitrogen and oxygen atoms in total. The number of hydrogen-bond donors (Lipinski definition) is 0. The third-order valence-corrected chi connectivity index (χ3v) is 7.70. The van der Waals surface area contributed by atoms with Crippen LogP contribution in [0.25, 0.3) is 5.69 Å². The van der Waals surface area contributed by atoms with Gasteiger partial charge in [0.25, 0.3) is 5.91 Å². The number of ether oxygens (including phenoxy) is 2. The summed E-state index contributed by atoms with van der Waals surface area (Å²) in [7, 11) is 3.24. The quantitative estimate of drug-likeness (QED) is 0.269. The second-order valence-corrected chi connectivity index (χ2v) is 10.1. The van der Waals surface area contributed by atoms with Crippen LogP contribution in [-0.2, 0) is 4.79 Å². The molecule has 2 aromatic heterocycles. The van der Waals surface area contributed by atoms with Crippen molar-refractivity contribution in [1.82, 2.24) is 9.47 Å². The molecule has 8 heteroatoms. The van der Waals surface area contributed by atoms with Gasteiger partial charge in [0, 0.05) is 18.3 Å². The lowest BCUT2D eigenvalue weighted by molar-refractivity contribution is -0.119. The normalized spacial score (nSPS) is 14.0. The van der Waals surface area contributed by atoms with E-state index in [1.807, 2.05) is 83.2 Å². The predicted octanol–water partition coefficient (Wildman–Crippen LogP) is 5.93. The maximum atomic E-state index is 14.3. The van der Waals surface area contributed by atoms with Gasteiger partial charge in [0.1, 0.15) is 24.1 Å². The molecule has 38 heavy (non-hydrogen) atoms. The number of aromatic nitrogens is 1. The van der Waals surface area contributed by atoms with Crippen molar-refractivity contribution in [2.75, 3.05) is 32.2 Å². The van der Waals surface area contributed by atoms with E-state index in [0.29, 0.717) is 22.9 Å². The Morgan fingerprint density at radius 1 is 0.974 bits per heavy atom. The van der Waals surface area contributed by atoms with Crippen molar-refractivity contribution in [3.05, 3.63) is 94.4 Å². The first-order valence-corrected chi connectivity index (χ1v) is 13.6. The first kappa shape index (κ1) is 25.6. The van der Waals surface area contributed by atoms with Crippen LogP contribution in [0.3, 0.4) is 0 Å². The molecular weight excluding hydrogens is 498 g/mol. The summed E-state index contributed by atoms with van der Waals surface area (Å²) < 4.78 is 13.4. The van der Waals surface area contributed by atoms with E-state index in [9.17, 15) is 9.59 Å². The van der Waals surface area contributed by atoms with Crippen LogP contribution in [0.4, 0.5) is 5.69 Å². The summed E-state index contributed by atoms with van der Waals surface area (Å²) in [6.45, 7) is 2.56. The van der Waals surface area contributed by atoms with E-state index in [-0.39, 0.29) is 18.4 Å². The van der Waals surface area contributed by atoms with Crippen LogP contribution in [0, 0.1) is 0 Å². The van der Waals surface area contributed by atoms with Crippen molar-refractivity contribution in [3.63, 3.8) is 0 Å². The zero-order valence-electron chi connectivity index (χ0n) is 21.8. The summed E-state index contributed by atoms with van der Waals surface area (Å²) in [4.78, 5) is 31.8. The Morgan fingerprint density at radius 2 is 1.79 bits per heavy atom. The molecule has 0 spiro atoms. The van der Waals surface area contributed by atoms with Crippen molar-refractivity contribution in [2.24, 2.45) is 0 Å². The number of para-hydroxylation sites is 2. The Kier molecular flexibility index (Phi) is 7.51. The van der Waals surface area contributed by atoms with Crippen molar-refractivity contribution in [1.29, 1.82) is 0 Å². The van der Waals surface area contributed by atoms with Crippen molar-refractivity contribution in [2.45, 2.75) is 25.8 Å². The van der Waals surface area contributed by atoms with Gasteiger partial charge in [-0.3, -0.25) is 14.5 Å². The molecule has 0 saturated heterocycles. The Bertz CT molecular complexity index is 1430. The van der Waals surface area contributed by atoms with Crippen LogP contribution in [0.15, 0.2) is 78.3 Å².